The Morgan fingerprint density at radius 2 is 1.74 bits per heavy atom. The van der Waals surface area contributed by atoms with Crippen molar-refractivity contribution in [1.82, 2.24) is 0 Å². The summed E-state index contributed by atoms with van der Waals surface area (Å²) in [5.41, 5.74) is 0.318. The van der Waals surface area contributed by atoms with Crippen molar-refractivity contribution in [3.63, 3.8) is 0 Å². The molecule has 0 heterocycles. The number of carbonyl (C=O) groups is 2. The highest BCUT2D eigenvalue weighted by Gasteiger charge is 2.25. The van der Waals surface area contributed by atoms with E-state index in [2.05, 4.69) is 0 Å². The van der Waals surface area contributed by atoms with Gasteiger partial charge in [-0.05, 0) is 43.5 Å². The van der Waals surface area contributed by atoms with E-state index in [1.807, 2.05) is 42.5 Å². The monoisotopic (exact) mass is 314 g/mol. The lowest BCUT2D eigenvalue weighted by atomic mass is 9.93. The van der Waals surface area contributed by atoms with Crippen LogP contribution < -0.4 is 0 Å². The molecule has 2 rings (SSSR count). The van der Waals surface area contributed by atoms with Crippen molar-refractivity contribution >= 4 is 22.7 Å². The molecular formula is C19H22O4. The van der Waals surface area contributed by atoms with Crippen molar-refractivity contribution in [3.05, 3.63) is 48.0 Å². The molecule has 23 heavy (non-hydrogen) atoms. The normalized spacial score (nSPS) is 12.8. The number of benzene rings is 2. The van der Waals surface area contributed by atoms with Crippen LogP contribution in [0.3, 0.4) is 0 Å². The van der Waals surface area contributed by atoms with Crippen LogP contribution in [0.2, 0.25) is 0 Å². The van der Waals surface area contributed by atoms with Gasteiger partial charge in [-0.1, -0.05) is 42.5 Å². The van der Waals surface area contributed by atoms with Gasteiger partial charge in [0.15, 0.2) is 0 Å². The lowest BCUT2D eigenvalue weighted by Crippen LogP contribution is -2.28. The highest BCUT2D eigenvalue weighted by atomic mass is 16.6. The summed E-state index contributed by atoms with van der Waals surface area (Å²) in [6.45, 7) is 5.31. The van der Waals surface area contributed by atoms with Gasteiger partial charge in [0.2, 0.25) is 0 Å². The summed E-state index contributed by atoms with van der Waals surface area (Å²) < 4.78 is 5.24. The van der Waals surface area contributed by atoms with E-state index in [0.717, 1.165) is 16.3 Å². The van der Waals surface area contributed by atoms with E-state index in [-0.39, 0.29) is 6.42 Å². The number of hydrogen-bond donors (Lipinski definition) is 1. The number of esters is 1. The molecule has 1 N–H and O–H groups in total. The van der Waals surface area contributed by atoms with E-state index in [9.17, 15) is 14.7 Å². The third-order valence-electron chi connectivity index (χ3n) is 3.53. The van der Waals surface area contributed by atoms with Crippen molar-refractivity contribution in [2.24, 2.45) is 5.92 Å². The van der Waals surface area contributed by atoms with Gasteiger partial charge in [-0.3, -0.25) is 9.59 Å². The second kappa shape index (κ2) is 6.82. The summed E-state index contributed by atoms with van der Waals surface area (Å²) in [6, 6.07) is 13.6. The van der Waals surface area contributed by atoms with Crippen LogP contribution in [0, 0.1) is 5.92 Å². The fraction of sp³-hybridized carbons (Fsp3) is 0.368. The van der Waals surface area contributed by atoms with E-state index in [1.165, 1.54) is 0 Å². The molecule has 0 fully saturated rings. The molecule has 0 aromatic heterocycles. The highest BCUT2D eigenvalue weighted by molar-refractivity contribution is 5.86. The van der Waals surface area contributed by atoms with Gasteiger partial charge in [0, 0.05) is 0 Å². The zero-order chi connectivity index (χ0) is 17.0. The number of ether oxygens (including phenoxy) is 1. The summed E-state index contributed by atoms with van der Waals surface area (Å²) >= 11 is 0. The number of rotatable bonds is 5. The first-order valence-electron chi connectivity index (χ1n) is 7.67. The van der Waals surface area contributed by atoms with Crippen LogP contribution in [0.15, 0.2) is 42.5 Å². The van der Waals surface area contributed by atoms with Crippen LogP contribution in [0.4, 0.5) is 0 Å². The molecule has 4 heteroatoms. The fourth-order valence-corrected chi connectivity index (χ4v) is 2.57. The Kier molecular flexibility index (Phi) is 5.04. The number of carboxylic acid groups (broad SMARTS) is 1. The van der Waals surface area contributed by atoms with E-state index >= 15 is 0 Å². The number of carboxylic acids is 1. The molecule has 0 radical (unpaired) electrons. The summed E-state index contributed by atoms with van der Waals surface area (Å²) in [5.74, 6) is -2.26. The lowest BCUT2D eigenvalue weighted by Gasteiger charge is -2.21. The molecule has 0 saturated carbocycles. The minimum absolute atomic E-state index is 0.129. The third kappa shape index (κ3) is 4.81. The first-order valence-corrected chi connectivity index (χ1v) is 7.67. The van der Waals surface area contributed by atoms with Crippen LogP contribution in [0.5, 0.6) is 0 Å². The van der Waals surface area contributed by atoms with Gasteiger partial charge in [-0.15, -0.1) is 0 Å². The van der Waals surface area contributed by atoms with Gasteiger partial charge in [0.1, 0.15) is 5.60 Å². The minimum Gasteiger partial charge on any atom is -0.481 e. The second-order valence-corrected chi connectivity index (χ2v) is 6.67. The molecule has 0 aliphatic heterocycles. The van der Waals surface area contributed by atoms with Gasteiger partial charge >= 0.3 is 11.9 Å². The number of hydrogen-bond acceptors (Lipinski definition) is 3. The quantitative estimate of drug-likeness (QED) is 0.852. The van der Waals surface area contributed by atoms with Crippen LogP contribution in [0.1, 0.15) is 32.8 Å². The van der Waals surface area contributed by atoms with E-state index in [4.69, 9.17) is 4.74 Å². The Morgan fingerprint density at radius 1 is 1.09 bits per heavy atom. The van der Waals surface area contributed by atoms with Gasteiger partial charge in [-0.25, -0.2) is 0 Å². The second-order valence-electron chi connectivity index (χ2n) is 6.67. The van der Waals surface area contributed by atoms with Crippen molar-refractivity contribution in [1.29, 1.82) is 0 Å². The zero-order valence-corrected chi connectivity index (χ0v) is 13.7. The minimum atomic E-state index is -0.983. The molecule has 4 nitrogen and oxygen atoms in total. The summed E-state index contributed by atoms with van der Waals surface area (Å²) in [6.07, 6.45) is 0.172. The van der Waals surface area contributed by atoms with E-state index in [1.54, 1.807) is 20.8 Å². The van der Waals surface area contributed by atoms with Crippen LogP contribution >= 0.6 is 0 Å². The number of carbonyl (C=O) groups excluding carboxylic acids is 1. The highest BCUT2D eigenvalue weighted by Crippen LogP contribution is 2.23. The molecule has 2 aromatic carbocycles. The average molecular weight is 314 g/mol. The Bertz CT molecular complexity index is 707. The molecule has 1 atom stereocenters. The SMILES string of the molecule is CC(C)(C)OC(=O)CC(Cc1cccc2ccccc12)C(=O)O. The maximum Gasteiger partial charge on any atom is 0.307 e. The Balaban J connectivity index is 2.19. The van der Waals surface area contributed by atoms with Gasteiger partial charge in [0.25, 0.3) is 0 Å². The number of aliphatic carboxylic acids is 1. The predicted octanol–water partition coefficient (Wildman–Crippen LogP) is 3.81. The summed E-state index contributed by atoms with van der Waals surface area (Å²) in [4.78, 5) is 23.5. The van der Waals surface area contributed by atoms with Gasteiger partial charge < -0.3 is 9.84 Å². The number of fused-ring (bicyclic) bond motifs is 1. The zero-order valence-electron chi connectivity index (χ0n) is 13.7. The third-order valence-corrected chi connectivity index (χ3v) is 3.53. The first-order chi connectivity index (χ1) is 10.8. The fourth-order valence-electron chi connectivity index (χ4n) is 2.57. The Morgan fingerprint density at radius 3 is 2.39 bits per heavy atom. The predicted molar refractivity (Wildman–Crippen MR) is 89.2 cm³/mol. The smallest absolute Gasteiger partial charge is 0.307 e. The Hall–Kier alpha value is -2.36. The van der Waals surface area contributed by atoms with E-state index in [0.29, 0.717) is 6.42 Å². The van der Waals surface area contributed by atoms with Crippen molar-refractivity contribution in [2.45, 2.75) is 39.2 Å². The molecular weight excluding hydrogens is 292 g/mol. The standard InChI is InChI=1S/C19H22O4/c1-19(2,3)23-17(20)12-15(18(21)22)11-14-9-6-8-13-7-4-5-10-16(13)14/h4-10,15H,11-12H2,1-3H3,(H,21,22). The van der Waals surface area contributed by atoms with Crippen molar-refractivity contribution in [2.75, 3.05) is 0 Å². The van der Waals surface area contributed by atoms with E-state index < -0.39 is 23.5 Å². The molecule has 0 spiro atoms. The maximum absolute atomic E-state index is 11.9. The van der Waals surface area contributed by atoms with Crippen molar-refractivity contribution in [3.8, 4) is 0 Å². The topological polar surface area (TPSA) is 63.6 Å². The average Bonchev–Trinajstić information content (AvgIpc) is 2.44. The van der Waals surface area contributed by atoms with Crippen LogP contribution in [-0.2, 0) is 20.7 Å². The van der Waals surface area contributed by atoms with Crippen LogP contribution in [0.25, 0.3) is 10.8 Å². The molecule has 0 bridgehead atoms. The molecule has 0 amide bonds. The molecule has 0 aliphatic carbocycles. The summed E-state index contributed by atoms with van der Waals surface area (Å²) in [5, 5.41) is 11.5. The van der Waals surface area contributed by atoms with Crippen molar-refractivity contribution < 1.29 is 19.4 Å². The van der Waals surface area contributed by atoms with Crippen LogP contribution in [-0.4, -0.2) is 22.6 Å². The first kappa shape index (κ1) is 17.0. The molecule has 2 aromatic rings. The largest absolute Gasteiger partial charge is 0.481 e. The Labute approximate surface area is 136 Å². The molecule has 0 aliphatic rings. The maximum atomic E-state index is 11.9. The molecule has 1 unspecified atom stereocenters. The molecule has 0 saturated heterocycles. The summed E-state index contributed by atoms with van der Waals surface area (Å²) in [7, 11) is 0. The molecule has 122 valence electrons. The van der Waals surface area contributed by atoms with Gasteiger partial charge in [0.05, 0.1) is 12.3 Å². The van der Waals surface area contributed by atoms with Gasteiger partial charge in [-0.2, -0.15) is 0 Å². The lowest BCUT2D eigenvalue weighted by molar-refractivity contribution is -0.159.